The number of nitrogens with two attached hydrogens (primary N) is 1. The monoisotopic (exact) mass is 335 g/mol. The molecule has 1 unspecified atom stereocenters. The fourth-order valence-corrected chi connectivity index (χ4v) is 3.73. The van der Waals surface area contributed by atoms with Crippen LogP contribution in [0.25, 0.3) is 10.2 Å². The van der Waals surface area contributed by atoms with Crippen molar-refractivity contribution in [2.24, 2.45) is 11.7 Å². The molecule has 1 aliphatic heterocycles. The number of aromatic nitrogens is 1. The summed E-state index contributed by atoms with van der Waals surface area (Å²) in [5.41, 5.74) is 7.98. The number of benzene rings is 1. The van der Waals surface area contributed by atoms with Crippen LogP contribution in [-0.2, 0) is 20.9 Å². The van der Waals surface area contributed by atoms with E-state index in [4.69, 9.17) is 15.2 Å². The Kier molecular flexibility index (Phi) is 5.22. The van der Waals surface area contributed by atoms with Gasteiger partial charge in [-0.15, -0.1) is 0 Å². The molecule has 1 saturated heterocycles. The number of carbonyl (C=O) groups excluding carboxylic acids is 1. The van der Waals surface area contributed by atoms with Gasteiger partial charge in [-0.2, -0.15) is 0 Å². The van der Waals surface area contributed by atoms with Gasteiger partial charge in [-0.05, 0) is 24.8 Å². The average Bonchev–Trinajstić information content (AvgIpc) is 2.98. The molecule has 3 N–H and O–H groups in total. The quantitative estimate of drug-likeness (QED) is 0.874. The molecule has 1 aromatic carbocycles. The van der Waals surface area contributed by atoms with Crippen LogP contribution >= 0.6 is 11.3 Å². The first-order chi connectivity index (χ1) is 11.2. The standard InChI is InChI=1S/C16H21N3O3S/c1-21-9-11-3-2-4-12-14(11)18-16(23-12)19-15(20)13(17)10-5-7-22-8-6-10/h2-4,10,13H,5-9,17H2,1H3,(H,18,19,20). The van der Waals surface area contributed by atoms with Crippen LogP contribution in [0.3, 0.4) is 0 Å². The zero-order valence-corrected chi connectivity index (χ0v) is 13.9. The lowest BCUT2D eigenvalue weighted by Gasteiger charge is -2.26. The first-order valence-corrected chi connectivity index (χ1v) is 8.52. The van der Waals surface area contributed by atoms with E-state index in [9.17, 15) is 4.79 Å². The van der Waals surface area contributed by atoms with E-state index < -0.39 is 6.04 Å². The first-order valence-electron chi connectivity index (χ1n) is 7.70. The molecular weight excluding hydrogens is 314 g/mol. The van der Waals surface area contributed by atoms with Crippen LogP contribution in [0.5, 0.6) is 0 Å². The second-order valence-electron chi connectivity index (χ2n) is 5.68. The van der Waals surface area contributed by atoms with Gasteiger partial charge in [0.05, 0.1) is 22.9 Å². The highest BCUT2D eigenvalue weighted by Gasteiger charge is 2.27. The normalized spacial score (nSPS) is 17.3. The van der Waals surface area contributed by atoms with Crippen LogP contribution in [0, 0.1) is 5.92 Å². The molecule has 0 spiro atoms. The van der Waals surface area contributed by atoms with E-state index in [2.05, 4.69) is 10.3 Å². The fraction of sp³-hybridized carbons (Fsp3) is 0.500. The van der Waals surface area contributed by atoms with Crippen LogP contribution in [0.4, 0.5) is 5.13 Å². The van der Waals surface area contributed by atoms with Crippen LogP contribution in [0.2, 0.25) is 0 Å². The molecule has 0 bridgehead atoms. The molecule has 2 heterocycles. The Morgan fingerprint density at radius 2 is 2.30 bits per heavy atom. The van der Waals surface area contributed by atoms with Crippen molar-refractivity contribution in [3.05, 3.63) is 23.8 Å². The number of fused-ring (bicyclic) bond motifs is 1. The lowest BCUT2D eigenvalue weighted by molar-refractivity contribution is -0.119. The predicted molar refractivity (Wildman–Crippen MR) is 90.5 cm³/mol. The van der Waals surface area contributed by atoms with E-state index in [0.717, 1.165) is 28.6 Å². The largest absolute Gasteiger partial charge is 0.381 e. The highest BCUT2D eigenvalue weighted by molar-refractivity contribution is 7.22. The number of hydrogen-bond donors (Lipinski definition) is 2. The van der Waals surface area contributed by atoms with Crippen LogP contribution in [-0.4, -0.2) is 37.3 Å². The summed E-state index contributed by atoms with van der Waals surface area (Å²) in [6.45, 7) is 1.84. The Morgan fingerprint density at radius 3 is 3.04 bits per heavy atom. The third-order valence-electron chi connectivity index (χ3n) is 4.11. The zero-order chi connectivity index (χ0) is 16.2. The Labute approximate surface area is 139 Å². The summed E-state index contributed by atoms with van der Waals surface area (Å²) in [5.74, 6) is -0.00794. The Bertz CT molecular complexity index is 682. The lowest BCUT2D eigenvalue weighted by atomic mass is 9.92. The molecule has 0 saturated carbocycles. The topological polar surface area (TPSA) is 86.5 Å². The number of carbonyl (C=O) groups is 1. The third-order valence-corrected chi connectivity index (χ3v) is 5.05. The molecule has 124 valence electrons. The average molecular weight is 335 g/mol. The van der Waals surface area contributed by atoms with Crippen molar-refractivity contribution in [3.63, 3.8) is 0 Å². The van der Waals surface area contributed by atoms with Crippen molar-refractivity contribution < 1.29 is 14.3 Å². The van der Waals surface area contributed by atoms with Gasteiger partial charge in [-0.3, -0.25) is 4.79 Å². The maximum absolute atomic E-state index is 12.4. The summed E-state index contributed by atoms with van der Waals surface area (Å²) < 4.78 is 11.5. The Balaban J connectivity index is 1.73. The molecule has 0 radical (unpaired) electrons. The summed E-state index contributed by atoms with van der Waals surface area (Å²) in [7, 11) is 1.65. The van der Waals surface area contributed by atoms with E-state index in [-0.39, 0.29) is 11.8 Å². The van der Waals surface area contributed by atoms with E-state index in [1.165, 1.54) is 11.3 Å². The minimum absolute atomic E-state index is 0.169. The van der Waals surface area contributed by atoms with E-state index >= 15 is 0 Å². The summed E-state index contributed by atoms with van der Waals surface area (Å²) >= 11 is 1.45. The summed E-state index contributed by atoms with van der Waals surface area (Å²) in [6.07, 6.45) is 1.65. The SMILES string of the molecule is COCc1cccc2sc(NC(=O)C(N)C3CCOCC3)nc12. The number of nitrogens with zero attached hydrogens (tertiary/aromatic N) is 1. The maximum atomic E-state index is 12.4. The number of hydrogen-bond acceptors (Lipinski definition) is 6. The van der Waals surface area contributed by atoms with Gasteiger partial charge in [0.2, 0.25) is 5.91 Å². The Hall–Kier alpha value is -1.54. The molecule has 1 aliphatic rings. The molecule has 1 atom stereocenters. The van der Waals surface area contributed by atoms with Crippen molar-refractivity contribution in [2.75, 3.05) is 25.6 Å². The number of ether oxygens (including phenoxy) is 2. The third kappa shape index (κ3) is 3.69. The second-order valence-corrected chi connectivity index (χ2v) is 6.71. The van der Waals surface area contributed by atoms with Gasteiger partial charge in [0.25, 0.3) is 0 Å². The number of amides is 1. The van der Waals surface area contributed by atoms with Gasteiger partial charge in [0.15, 0.2) is 5.13 Å². The molecular formula is C16H21N3O3S. The van der Waals surface area contributed by atoms with Crippen molar-refractivity contribution in [1.82, 2.24) is 4.98 Å². The minimum Gasteiger partial charge on any atom is -0.381 e. The van der Waals surface area contributed by atoms with Crippen molar-refractivity contribution in [3.8, 4) is 0 Å². The van der Waals surface area contributed by atoms with Gasteiger partial charge in [0.1, 0.15) is 0 Å². The number of rotatable bonds is 5. The van der Waals surface area contributed by atoms with Crippen molar-refractivity contribution in [1.29, 1.82) is 0 Å². The molecule has 3 rings (SSSR count). The van der Waals surface area contributed by atoms with Crippen LogP contribution < -0.4 is 11.1 Å². The van der Waals surface area contributed by atoms with Gasteiger partial charge in [-0.25, -0.2) is 4.98 Å². The molecule has 1 aromatic heterocycles. The Morgan fingerprint density at radius 1 is 1.52 bits per heavy atom. The predicted octanol–water partition coefficient (Wildman–Crippen LogP) is 2.14. The van der Waals surface area contributed by atoms with Crippen molar-refractivity contribution >= 4 is 32.6 Å². The molecule has 1 amide bonds. The number of para-hydroxylation sites is 1. The number of anilines is 1. The van der Waals surface area contributed by atoms with Crippen LogP contribution in [0.1, 0.15) is 18.4 Å². The van der Waals surface area contributed by atoms with Gasteiger partial charge < -0.3 is 20.5 Å². The van der Waals surface area contributed by atoms with Gasteiger partial charge in [-0.1, -0.05) is 23.5 Å². The summed E-state index contributed by atoms with van der Waals surface area (Å²) in [4.78, 5) is 16.9. The number of methoxy groups -OCH3 is 1. The zero-order valence-electron chi connectivity index (χ0n) is 13.1. The molecule has 6 nitrogen and oxygen atoms in total. The number of thiazole rings is 1. The highest BCUT2D eigenvalue weighted by atomic mass is 32.1. The minimum atomic E-state index is -0.524. The molecule has 1 fully saturated rings. The van der Waals surface area contributed by atoms with Crippen molar-refractivity contribution in [2.45, 2.75) is 25.5 Å². The highest BCUT2D eigenvalue weighted by Crippen LogP contribution is 2.29. The molecule has 0 aliphatic carbocycles. The summed E-state index contributed by atoms with van der Waals surface area (Å²) in [6, 6.07) is 5.41. The van der Waals surface area contributed by atoms with Gasteiger partial charge >= 0.3 is 0 Å². The summed E-state index contributed by atoms with van der Waals surface area (Å²) in [5, 5.41) is 3.44. The first kappa shape index (κ1) is 16.3. The van der Waals surface area contributed by atoms with E-state index in [1.54, 1.807) is 7.11 Å². The van der Waals surface area contributed by atoms with Crippen LogP contribution in [0.15, 0.2) is 18.2 Å². The van der Waals surface area contributed by atoms with E-state index in [0.29, 0.717) is 25.0 Å². The van der Waals surface area contributed by atoms with Gasteiger partial charge in [0, 0.05) is 25.9 Å². The smallest absolute Gasteiger partial charge is 0.243 e. The number of nitrogens with one attached hydrogen (secondary N) is 1. The molecule has 23 heavy (non-hydrogen) atoms. The molecule has 7 heteroatoms. The lowest BCUT2D eigenvalue weighted by Crippen LogP contribution is -2.43. The maximum Gasteiger partial charge on any atom is 0.243 e. The van der Waals surface area contributed by atoms with E-state index in [1.807, 2.05) is 18.2 Å². The fourth-order valence-electron chi connectivity index (χ4n) is 2.81. The second kappa shape index (κ2) is 7.35. The molecule has 2 aromatic rings.